The van der Waals surface area contributed by atoms with Gasteiger partial charge in [0.05, 0.1) is 0 Å². The van der Waals surface area contributed by atoms with Gasteiger partial charge in [-0.3, -0.25) is 0 Å². The van der Waals surface area contributed by atoms with Crippen LogP contribution in [-0.2, 0) is 0 Å². The maximum Gasteiger partial charge on any atom is 0.0120 e. The molecule has 0 atom stereocenters. The van der Waals surface area contributed by atoms with Crippen molar-refractivity contribution in [3.63, 3.8) is 0 Å². The molecule has 2 fully saturated rings. The van der Waals surface area contributed by atoms with Crippen LogP contribution in [0, 0.1) is 0 Å². The van der Waals surface area contributed by atoms with Crippen molar-refractivity contribution in [3.05, 3.63) is 0 Å². The molecule has 2 rings (SSSR count). The highest BCUT2D eigenvalue weighted by Gasteiger charge is 2.24. The summed E-state index contributed by atoms with van der Waals surface area (Å²) in [6.07, 6.45) is 9.73. The second-order valence-corrected chi connectivity index (χ2v) is 6.27. The Kier molecular flexibility index (Phi) is 7.18. The first-order valence-electron chi connectivity index (χ1n) is 8.57. The van der Waals surface area contributed by atoms with Crippen molar-refractivity contribution < 1.29 is 0 Å². The predicted octanol–water partition coefficient (Wildman–Crippen LogP) is 2.33. The lowest BCUT2D eigenvalue weighted by molar-refractivity contribution is 0.0930. The van der Waals surface area contributed by atoms with E-state index in [2.05, 4.69) is 22.0 Å². The Morgan fingerprint density at radius 2 is 1.68 bits per heavy atom. The highest BCUT2D eigenvalue weighted by atomic mass is 15.2. The molecule has 0 aliphatic carbocycles. The smallest absolute Gasteiger partial charge is 0.0120 e. The number of hydrogen-bond donors (Lipinski definition) is 1. The minimum atomic E-state index is 0.893. The molecule has 2 aliphatic rings. The third-order valence-electron chi connectivity index (χ3n) is 4.78. The van der Waals surface area contributed by atoms with Crippen molar-refractivity contribution in [2.75, 3.05) is 45.8 Å². The van der Waals surface area contributed by atoms with E-state index >= 15 is 0 Å². The second kappa shape index (κ2) is 8.93. The highest BCUT2D eigenvalue weighted by Crippen LogP contribution is 2.20. The van der Waals surface area contributed by atoms with Crippen LogP contribution in [0.25, 0.3) is 0 Å². The number of nitrogens with zero attached hydrogens (tertiary/aromatic N) is 2. The topological polar surface area (TPSA) is 18.5 Å². The zero-order chi connectivity index (χ0) is 13.3. The first kappa shape index (κ1) is 15.3. The molecule has 0 amide bonds. The van der Waals surface area contributed by atoms with Gasteiger partial charge < -0.3 is 15.1 Å². The Balaban J connectivity index is 1.54. The van der Waals surface area contributed by atoms with Crippen LogP contribution >= 0.6 is 0 Å². The van der Waals surface area contributed by atoms with Crippen molar-refractivity contribution >= 4 is 0 Å². The number of hydrogen-bond acceptors (Lipinski definition) is 3. The van der Waals surface area contributed by atoms with Crippen molar-refractivity contribution in [2.24, 2.45) is 0 Å². The molecule has 0 aromatic carbocycles. The summed E-state index contributed by atoms with van der Waals surface area (Å²) in [5.74, 6) is 0. The first-order chi connectivity index (χ1) is 9.40. The molecule has 3 nitrogen and oxygen atoms in total. The Labute approximate surface area is 119 Å². The van der Waals surface area contributed by atoms with Crippen molar-refractivity contribution in [2.45, 2.75) is 57.9 Å². The first-order valence-corrected chi connectivity index (χ1v) is 8.57. The van der Waals surface area contributed by atoms with E-state index in [0.717, 1.165) is 6.04 Å². The Hall–Kier alpha value is -0.120. The predicted molar refractivity (Wildman–Crippen MR) is 82.7 cm³/mol. The van der Waals surface area contributed by atoms with Crippen molar-refractivity contribution in [1.82, 2.24) is 15.1 Å². The van der Waals surface area contributed by atoms with E-state index in [9.17, 15) is 0 Å². The van der Waals surface area contributed by atoms with Crippen LogP contribution in [0.4, 0.5) is 0 Å². The van der Waals surface area contributed by atoms with Gasteiger partial charge in [-0.25, -0.2) is 0 Å². The Morgan fingerprint density at radius 3 is 2.37 bits per heavy atom. The summed E-state index contributed by atoms with van der Waals surface area (Å²) in [5, 5.41) is 3.56. The van der Waals surface area contributed by atoms with Gasteiger partial charge in [-0.1, -0.05) is 19.8 Å². The van der Waals surface area contributed by atoms with Crippen LogP contribution in [-0.4, -0.2) is 61.7 Å². The largest absolute Gasteiger partial charge is 0.315 e. The molecule has 2 aliphatic heterocycles. The van der Waals surface area contributed by atoms with E-state index in [1.54, 1.807) is 0 Å². The monoisotopic (exact) mass is 267 g/mol. The fourth-order valence-electron chi connectivity index (χ4n) is 3.46. The zero-order valence-corrected chi connectivity index (χ0v) is 12.9. The van der Waals surface area contributed by atoms with E-state index in [-0.39, 0.29) is 0 Å². The van der Waals surface area contributed by atoms with Gasteiger partial charge in [0.15, 0.2) is 0 Å². The molecule has 0 saturated carbocycles. The van der Waals surface area contributed by atoms with Crippen molar-refractivity contribution in [3.8, 4) is 0 Å². The number of nitrogens with one attached hydrogen (secondary N) is 1. The molecule has 0 unspecified atom stereocenters. The van der Waals surface area contributed by atoms with E-state index < -0.39 is 0 Å². The van der Waals surface area contributed by atoms with Gasteiger partial charge in [-0.2, -0.15) is 0 Å². The average Bonchev–Trinajstić information content (AvgIpc) is 2.49. The minimum absolute atomic E-state index is 0.893. The number of rotatable bonds is 7. The quantitative estimate of drug-likeness (QED) is 0.714. The molecular formula is C16H33N3. The molecule has 0 radical (unpaired) electrons. The number of piperidine rings is 2. The van der Waals surface area contributed by atoms with Crippen LogP contribution in [0.15, 0.2) is 0 Å². The highest BCUT2D eigenvalue weighted by molar-refractivity contribution is 4.81. The maximum atomic E-state index is 3.56. The summed E-state index contributed by atoms with van der Waals surface area (Å²) < 4.78 is 0. The third-order valence-corrected chi connectivity index (χ3v) is 4.78. The van der Waals surface area contributed by atoms with Gasteiger partial charge >= 0.3 is 0 Å². The van der Waals surface area contributed by atoms with Crippen LogP contribution < -0.4 is 5.32 Å². The molecule has 0 aromatic heterocycles. The molecule has 0 bridgehead atoms. The lowest BCUT2D eigenvalue weighted by atomic mass is 10.00. The summed E-state index contributed by atoms with van der Waals surface area (Å²) >= 11 is 0. The molecule has 1 N–H and O–H groups in total. The standard InChI is InChI=1S/C16H33N3/c1-2-3-9-17-10-15-18-13-7-16(8-14-18)19-11-5-4-6-12-19/h16-17H,2-15H2,1H3. The fourth-order valence-corrected chi connectivity index (χ4v) is 3.46. The second-order valence-electron chi connectivity index (χ2n) is 6.27. The fraction of sp³-hybridized carbons (Fsp3) is 1.00. The van der Waals surface area contributed by atoms with Gasteiger partial charge in [0.1, 0.15) is 0 Å². The van der Waals surface area contributed by atoms with Crippen LogP contribution in [0.2, 0.25) is 0 Å². The van der Waals surface area contributed by atoms with Gasteiger partial charge in [0.2, 0.25) is 0 Å². The van der Waals surface area contributed by atoms with Crippen LogP contribution in [0.1, 0.15) is 51.9 Å². The summed E-state index contributed by atoms with van der Waals surface area (Å²) in [5.41, 5.74) is 0. The maximum absolute atomic E-state index is 3.56. The molecule has 112 valence electrons. The average molecular weight is 267 g/mol. The summed E-state index contributed by atoms with van der Waals surface area (Å²) in [6.45, 7) is 11.2. The van der Waals surface area contributed by atoms with Gasteiger partial charge in [-0.15, -0.1) is 0 Å². The molecular weight excluding hydrogens is 234 g/mol. The van der Waals surface area contributed by atoms with Gasteiger partial charge in [0, 0.05) is 19.1 Å². The molecule has 2 heterocycles. The normalized spacial score (nSPS) is 23.8. The Morgan fingerprint density at radius 1 is 0.947 bits per heavy atom. The van der Waals surface area contributed by atoms with E-state index in [1.165, 1.54) is 90.8 Å². The minimum Gasteiger partial charge on any atom is -0.315 e. The molecule has 3 heteroatoms. The van der Waals surface area contributed by atoms with Crippen LogP contribution in [0.3, 0.4) is 0 Å². The lowest BCUT2D eigenvalue weighted by Crippen LogP contribution is -2.47. The molecule has 19 heavy (non-hydrogen) atoms. The van der Waals surface area contributed by atoms with E-state index in [0.29, 0.717) is 0 Å². The third kappa shape index (κ3) is 5.41. The SMILES string of the molecule is CCCCNCCN1CCC(N2CCCCC2)CC1. The lowest BCUT2D eigenvalue weighted by Gasteiger charge is -2.40. The summed E-state index contributed by atoms with van der Waals surface area (Å²) in [6, 6.07) is 0.893. The van der Waals surface area contributed by atoms with Crippen molar-refractivity contribution in [1.29, 1.82) is 0 Å². The molecule has 0 spiro atoms. The van der Waals surface area contributed by atoms with E-state index in [1.807, 2.05) is 0 Å². The van der Waals surface area contributed by atoms with E-state index in [4.69, 9.17) is 0 Å². The number of likely N-dealkylation sites (tertiary alicyclic amines) is 2. The molecule has 2 saturated heterocycles. The number of unbranched alkanes of at least 4 members (excludes halogenated alkanes) is 1. The Bertz CT molecular complexity index is 218. The van der Waals surface area contributed by atoms with Gasteiger partial charge in [-0.05, 0) is 64.8 Å². The van der Waals surface area contributed by atoms with Crippen LogP contribution in [0.5, 0.6) is 0 Å². The zero-order valence-electron chi connectivity index (χ0n) is 12.9. The summed E-state index contributed by atoms with van der Waals surface area (Å²) in [4.78, 5) is 5.42. The van der Waals surface area contributed by atoms with Gasteiger partial charge in [0.25, 0.3) is 0 Å². The molecule has 0 aromatic rings. The summed E-state index contributed by atoms with van der Waals surface area (Å²) in [7, 11) is 0.